The van der Waals surface area contributed by atoms with E-state index >= 15 is 0 Å². The number of aromatic nitrogens is 2. The third kappa shape index (κ3) is 2.10. The Kier molecular flexibility index (Phi) is 2.86. The molecule has 2 aromatic heterocycles. The average Bonchev–Trinajstić information content (AvgIpc) is 2.75. The Morgan fingerprint density at radius 1 is 1.24 bits per heavy atom. The van der Waals surface area contributed by atoms with Crippen LogP contribution in [0.2, 0.25) is 0 Å². The van der Waals surface area contributed by atoms with Crippen LogP contribution in [0.15, 0.2) is 36.5 Å². The van der Waals surface area contributed by atoms with Crippen LogP contribution in [-0.2, 0) is 0 Å². The fourth-order valence-electron chi connectivity index (χ4n) is 2.39. The van der Waals surface area contributed by atoms with Crippen molar-refractivity contribution < 1.29 is 4.92 Å². The van der Waals surface area contributed by atoms with Crippen molar-refractivity contribution in [1.82, 2.24) is 9.38 Å². The maximum atomic E-state index is 11.0. The van der Waals surface area contributed by atoms with Gasteiger partial charge in [0.15, 0.2) is 0 Å². The summed E-state index contributed by atoms with van der Waals surface area (Å²) in [6, 6.07) is 8.74. The maximum Gasteiger partial charge on any atom is 0.292 e. The number of nitrogens with zero attached hydrogens (tertiary/aromatic N) is 3. The number of hydrogen-bond acceptors (Lipinski definition) is 4. The van der Waals surface area contributed by atoms with Crippen molar-refractivity contribution in [3.05, 3.63) is 57.9 Å². The average molecular weight is 282 g/mol. The van der Waals surface area contributed by atoms with E-state index in [0.717, 1.165) is 22.6 Å². The summed E-state index contributed by atoms with van der Waals surface area (Å²) >= 11 is 0. The van der Waals surface area contributed by atoms with Crippen LogP contribution < -0.4 is 5.73 Å². The van der Waals surface area contributed by atoms with E-state index in [1.165, 1.54) is 6.07 Å². The highest BCUT2D eigenvalue weighted by Crippen LogP contribution is 2.30. The van der Waals surface area contributed by atoms with Gasteiger partial charge in [-0.25, -0.2) is 4.98 Å². The van der Waals surface area contributed by atoms with Crippen LogP contribution in [-0.4, -0.2) is 14.3 Å². The largest absolute Gasteiger partial charge is 0.393 e. The molecule has 3 aromatic rings. The predicted octanol–water partition coefficient (Wildman–Crippen LogP) is 3.11. The van der Waals surface area contributed by atoms with Gasteiger partial charge >= 0.3 is 0 Å². The van der Waals surface area contributed by atoms with Crippen LogP contribution >= 0.6 is 0 Å². The van der Waals surface area contributed by atoms with E-state index in [-0.39, 0.29) is 11.4 Å². The minimum atomic E-state index is -0.478. The van der Waals surface area contributed by atoms with Gasteiger partial charge in [-0.1, -0.05) is 6.07 Å². The van der Waals surface area contributed by atoms with E-state index in [1.807, 2.05) is 36.6 Å². The van der Waals surface area contributed by atoms with Gasteiger partial charge in [-0.05, 0) is 37.6 Å². The molecule has 2 heterocycles. The van der Waals surface area contributed by atoms with Crippen molar-refractivity contribution >= 4 is 17.0 Å². The topological polar surface area (TPSA) is 86.5 Å². The van der Waals surface area contributed by atoms with Crippen molar-refractivity contribution in [2.45, 2.75) is 13.8 Å². The van der Waals surface area contributed by atoms with Gasteiger partial charge in [-0.3, -0.25) is 10.1 Å². The number of nitrogens with two attached hydrogens (primary N) is 1. The Balaban J connectivity index is 2.23. The van der Waals surface area contributed by atoms with Crippen LogP contribution in [0.1, 0.15) is 11.3 Å². The number of aryl methyl sites for hydroxylation is 2. The number of pyridine rings is 1. The van der Waals surface area contributed by atoms with E-state index in [9.17, 15) is 10.1 Å². The third-order valence-corrected chi connectivity index (χ3v) is 3.52. The molecular weight excluding hydrogens is 268 g/mol. The molecule has 0 unspecified atom stereocenters. The van der Waals surface area contributed by atoms with E-state index in [0.29, 0.717) is 5.56 Å². The molecule has 0 radical (unpaired) electrons. The van der Waals surface area contributed by atoms with E-state index in [1.54, 1.807) is 12.1 Å². The minimum Gasteiger partial charge on any atom is -0.393 e. The summed E-state index contributed by atoms with van der Waals surface area (Å²) in [6.07, 6.45) is 1.95. The molecule has 6 heteroatoms. The summed E-state index contributed by atoms with van der Waals surface area (Å²) in [7, 11) is 0. The van der Waals surface area contributed by atoms with Crippen molar-refractivity contribution in [3.8, 4) is 11.3 Å². The van der Waals surface area contributed by atoms with Crippen LogP contribution in [0.3, 0.4) is 0 Å². The summed E-state index contributed by atoms with van der Waals surface area (Å²) in [6.45, 7) is 3.94. The van der Waals surface area contributed by atoms with Crippen molar-refractivity contribution in [2.75, 3.05) is 5.73 Å². The first-order valence-electron chi connectivity index (χ1n) is 6.47. The van der Waals surface area contributed by atoms with E-state index in [2.05, 4.69) is 4.98 Å². The Hall–Kier alpha value is -2.89. The number of anilines is 1. The number of rotatable bonds is 2. The monoisotopic (exact) mass is 282 g/mol. The number of nitrogen functional groups attached to an aromatic ring is 1. The molecule has 0 aliphatic carbocycles. The zero-order chi connectivity index (χ0) is 15.1. The fraction of sp³-hybridized carbons (Fsp3) is 0.133. The highest BCUT2D eigenvalue weighted by Gasteiger charge is 2.16. The van der Waals surface area contributed by atoms with Crippen molar-refractivity contribution in [2.24, 2.45) is 0 Å². The molecule has 0 aliphatic heterocycles. The molecule has 3 rings (SSSR count). The lowest BCUT2D eigenvalue weighted by Crippen LogP contribution is -1.96. The Morgan fingerprint density at radius 3 is 2.71 bits per heavy atom. The molecule has 0 bridgehead atoms. The van der Waals surface area contributed by atoms with Gasteiger partial charge in [0.25, 0.3) is 5.69 Å². The molecule has 106 valence electrons. The van der Waals surface area contributed by atoms with Gasteiger partial charge in [-0.15, -0.1) is 0 Å². The van der Waals surface area contributed by atoms with Crippen LogP contribution in [0.25, 0.3) is 16.9 Å². The molecule has 0 spiro atoms. The third-order valence-electron chi connectivity index (χ3n) is 3.52. The molecule has 0 saturated carbocycles. The molecule has 0 saturated heterocycles. The molecule has 0 amide bonds. The zero-order valence-corrected chi connectivity index (χ0v) is 11.7. The van der Waals surface area contributed by atoms with E-state index < -0.39 is 4.92 Å². The van der Waals surface area contributed by atoms with Crippen LogP contribution in [0, 0.1) is 24.0 Å². The standard InChI is InChI=1S/C15H14N4O2/c1-9-5-6-18-10(2)15(17-14(18)7-9)11-3-4-12(16)13(8-11)19(20)21/h3-8H,16H2,1-2H3. The summed E-state index contributed by atoms with van der Waals surface area (Å²) in [5.74, 6) is 0. The lowest BCUT2D eigenvalue weighted by molar-refractivity contribution is -0.383. The normalized spacial score (nSPS) is 11.0. The molecule has 21 heavy (non-hydrogen) atoms. The number of fused-ring (bicyclic) bond motifs is 1. The van der Waals surface area contributed by atoms with Gasteiger partial charge < -0.3 is 10.1 Å². The predicted molar refractivity (Wildman–Crippen MR) is 81.2 cm³/mol. The molecule has 2 N–H and O–H groups in total. The second kappa shape index (κ2) is 4.59. The lowest BCUT2D eigenvalue weighted by Gasteiger charge is -2.02. The van der Waals surface area contributed by atoms with Crippen LogP contribution in [0.5, 0.6) is 0 Å². The van der Waals surface area contributed by atoms with Crippen molar-refractivity contribution in [3.63, 3.8) is 0 Å². The molecule has 0 aliphatic rings. The summed E-state index contributed by atoms with van der Waals surface area (Å²) in [5.41, 5.74) is 9.97. The van der Waals surface area contributed by atoms with Gasteiger partial charge in [0.1, 0.15) is 11.3 Å². The van der Waals surface area contributed by atoms with Gasteiger partial charge in [0.05, 0.1) is 10.6 Å². The lowest BCUT2D eigenvalue weighted by atomic mass is 10.1. The number of benzene rings is 1. The number of nitro benzene ring substituents is 1. The first kappa shape index (κ1) is 13.1. The molecule has 6 nitrogen and oxygen atoms in total. The molecule has 0 fully saturated rings. The highest BCUT2D eigenvalue weighted by atomic mass is 16.6. The van der Waals surface area contributed by atoms with Gasteiger partial charge in [0, 0.05) is 23.5 Å². The SMILES string of the molecule is Cc1ccn2c(C)c(-c3ccc(N)c([N+](=O)[O-])c3)nc2c1. The van der Waals surface area contributed by atoms with Crippen LogP contribution in [0.4, 0.5) is 11.4 Å². The highest BCUT2D eigenvalue weighted by molar-refractivity contribution is 5.73. The zero-order valence-electron chi connectivity index (χ0n) is 11.7. The van der Waals surface area contributed by atoms with Gasteiger partial charge in [-0.2, -0.15) is 0 Å². The first-order valence-corrected chi connectivity index (χ1v) is 6.47. The number of imidazole rings is 1. The number of hydrogen-bond donors (Lipinski definition) is 1. The summed E-state index contributed by atoms with van der Waals surface area (Å²) < 4.78 is 1.96. The summed E-state index contributed by atoms with van der Waals surface area (Å²) in [4.78, 5) is 15.1. The second-order valence-corrected chi connectivity index (χ2v) is 5.01. The first-order chi connectivity index (χ1) is 9.97. The Bertz CT molecular complexity index is 867. The minimum absolute atomic E-state index is 0.0971. The molecular formula is C15H14N4O2. The fourth-order valence-corrected chi connectivity index (χ4v) is 2.39. The smallest absolute Gasteiger partial charge is 0.292 e. The summed E-state index contributed by atoms with van der Waals surface area (Å²) in [5, 5.41) is 11.0. The Labute approximate surface area is 121 Å². The Morgan fingerprint density at radius 2 is 2.00 bits per heavy atom. The van der Waals surface area contributed by atoms with Gasteiger partial charge in [0.2, 0.25) is 0 Å². The second-order valence-electron chi connectivity index (χ2n) is 5.01. The molecule has 1 aromatic carbocycles. The molecule has 0 atom stereocenters. The van der Waals surface area contributed by atoms with Crippen molar-refractivity contribution in [1.29, 1.82) is 0 Å². The number of nitro groups is 1. The van der Waals surface area contributed by atoms with E-state index in [4.69, 9.17) is 5.73 Å². The maximum absolute atomic E-state index is 11.0. The quantitative estimate of drug-likeness (QED) is 0.444.